The van der Waals surface area contributed by atoms with Gasteiger partial charge in [-0.05, 0) is 48.0 Å². The van der Waals surface area contributed by atoms with Gasteiger partial charge < -0.3 is 16.0 Å². The Bertz CT molecular complexity index is 928. The molecule has 0 radical (unpaired) electrons. The van der Waals surface area contributed by atoms with Crippen molar-refractivity contribution in [1.29, 1.82) is 0 Å². The van der Waals surface area contributed by atoms with Gasteiger partial charge >= 0.3 is 6.03 Å². The van der Waals surface area contributed by atoms with E-state index in [-0.39, 0.29) is 11.9 Å². The van der Waals surface area contributed by atoms with Crippen molar-refractivity contribution in [3.63, 3.8) is 0 Å². The van der Waals surface area contributed by atoms with Crippen molar-refractivity contribution in [2.75, 3.05) is 10.6 Å². The van der Waals surface area contributed by atoms with E-state index in [1.54, 1.807) is 36.4 Å². The molecule has 0 heterocycles. The number of hydrogen-bond acceptors (Lipinski definition) is 2. The molecule has 0 unspecified atom stereocenters. The molecule has 3 rings (SSSR count). The predicted octanol–water partition coefficient (Wildman–Crippen LogP) is 5.02. The summed E-state index contributed by atoms with van der Waals surface area (Å²) in [5, 5.41) is 8.34. The van der Waals surface area contributed by atoms with Gasteiger partial charge in [0.05, 0.1) is 0 Å². The molecular weight excluding hydrogens is 406 g/mol. The fourth-order valence-corrected chi connectivity index (χ4v) is 2.71. The maximum atomic E-state index is 12.3. The van der Waals surface area contributed by atoms with Crippen LogP contribution in [0.5, 0.6) is 0 Å². The van der Waals surface area contributed by atoms with Gasteiger partial charge in [0.25, 0.3) is 5.91 Å². The van der Waals surface area contributed by atoms with Crippen LogP contribution in [0.25, 0.3) is 0 Å². The zero-order valence-electron chi connectivity index (χ0n) is 14.4. The number of hydrogen-bond donors (Lipinski definition) is 3. The van der Waals surface area contributed by atoms with E-state index < -0.39 is 0 Å². The van der Waals surface area contributed by atoms with Crippen molar-refractivity contribution in [2.45, 2.75) is 6.54 Å². The first-order valence-corrected chi connectivity index (χ1v) is 9.15. The summed E-state index contributed by atoms with van der Waals surface area (Å²) in [5.74, 6) is -0.198. The summed E-state index contributed by atoms with van der Waals surface area (Å²) < 4.78 is 0.933. The smallest absolute Gasteiger partial charge is 0.323 e. The van der Waals surface area contributed by atoms with Gasteiger partial charge in [-0.2, -0.15) is 0 Å². The molecule has 6 heteroatoms. The Kier molecular flexibility index (Phi) is 6.22. The lowest BCUT2D eigenvalue weighted by Gasteiger charge is -2.10. The second-order valence-corrected chi connectivity index (χ2v) is 6.75. The van der Waals surface area contributed by atoms with Gasteiger partial charge in [0.2, 0.25) is 0 Å². The van der Waals surface area contributed by atoms with Crippen LogP contribution in [0, 0.1) is 0 Å². The molecule has 0 saturated carbocycles. The number of halogens is 1. The van der Waals surface area contributed by atoms with Crippen LogP contribution in [0.2, 0.25) is 0 Å². The first-order chi connectivity index (χ1) is 13.1. The zero-order valence-corrected chi connectivity index (χ0v) is 16.0. The number of urea groups is 1. The third kappa shape index (κ3) is 5.69. The van der Waals surface area contributed by atoms with Crippen molar-refractivity contribution >= 4 is 39.2 Å². The first kappa shape index (κ1) is 18.7. The van der Waals surface area contributed by atoms with Gasteiger partial charge in [-0.1, -0.05) is 52.3 Å². The van der Waals surface area contributed by atoms with Crippen LogP contribution in [0.4, 0.5) is 16.2 Å². The van der Waals surface area contributed by atoms with Crippen LogP contribution in [-0.2, 0) is 6.54 Å². The molecule has 0 aliphatic carbocycles. The summed E-state index contributed by atoms with van der Waals surface area (Å²) in [5.41, 5.74) is 2.71. The summed E-state index contributed by atoms with van der Waals surface area (Å²) in [4.78, 5) is 24.5. The fraction of sp³-hybridized carbons (Fsp3) is 0.0476. The highest BCUT2D eigenvalue weighted by atomic mass is 79.9. The number of anilines is 2. The topological polar surface area (TPSA) is 70.2 Å². The fourth-order valence-electron chi connectivity index (χ4n) is 2.45. The van der Waals surface area contributed by atoms with Crippen molar-refractivity contribution in [2.24, 2.45) is 0 Å². The number of rotatable bonds is 5. The van der Waals surface area contributed by atoms with E-state index in [4.69, 9.17) is 0 Å². The largest absolute Gasteiger partial charge is 0.348 e. The van der Waals surface area contributed by atoms with Gasteiger partial charge in [0.1, 0.15) is 0 Å². The van der Waals surface area contributed by atoms with Gasteiger partial charge in [0.15, 0.2) is 0 Å². The molecule has 0 aromatic heterocycles. The van der Waals surface area contributed by atoms with Gasteiger partial charge in [-0.3, -0.25) is 4.79 Å². The van der Waals surface area contributed by atoms with Gasteiger partial charge in [-0.15, -0.1) is 0 Å². The highest BCUT2D eigenvalue weighted by molar-refractivity contribution is 9.10. The van der Waals surface area contributed by atoms with E-state index in [0.29, 0.717) is 23.5 Å². The Labute approximate surface area is 165 Å². The third-order valence-electron chi connectivity index (χ3n) is 3.78. The Hall–Kier alpha value is -3.12. The van der Waals surface area contributed by atoms with E-state index in [9.17, 15) is 9.59 Å². The molecule has 0 fully saturated rings. The normalized spacial score (nSPS) is 10.1. The minimum absolute atomic E-state index is 0.198. The molecule has 0 aliphatic rings. The monoisotopic (exact) mass is 423 g/mol. The predicted molar refractivity (Wildman–Crippen MR) is 111 cm³/mol. The van der Waals surface area contributed by atoms with Crippen molar-refractivity contribution < 1.29 is 9.59 Å². The number of carbonyl (C=O) groups excluding carboxylic acids is 2. The Morgan fingerprint density at radius 1 is 0.778 bits per heavy atom. The molecule has 3 aromatic rings. The standard InChI is InChI=1S/C21H18BrN3O2/c22-17-9-11-18(12-10-17)24-21(27)25-19-8-4-7-16(13-19)20(26)23-14-15-5-2-1-3-6-15/h1-13H,14H2,(H,23,26)(H2,24,25,27). The number of nitrogens with one attached hydrogen (secondary N) is 3. The van der Waals surface area contributed by atoms with Crippen molar-refractivity contribution in [3.05, 3.63) is 94.5 Å². The zero-order chi connectivity index (χ0) is 19.1. The van der Waals surface area contributed by atoms with Crippen LogP contribution in [0.15, 0.2) is 83.3 Å². The molecule has 0 atom stereocenters. The minimum Gasteiger partial charge on any atom is -0.348 e. The highest BCUT2D eigenvalue weighted by Gasteiger charge is 2.08. The highest BCUT2D eigenvalue weighted by Crippen LogP contribution is 2.15. The average molecular weight is 424 g/mol. The molecule has 3 amide bonds. The average Bonchev–Trinajstić information content (AvgIpc) is 2.69. The van der Waals surface area contributed by atoms with Crippen LogP contribution < -0.4 is 16.0 Å². The molecule has 27 heavy (non-hydrogen) atoms. The maximum absolute atomic E-state index is 12.3. The van der Waals surface area contributed by atoms with Gasteiger partial charge in [0, 0.05) is 28.0 Å². The summed E-state index contributed by atoms with van der Waals surface area (Å²) in [6.45, 7) is 0.446. The van der Waals surface area contributed by atoms with Crippen LogP contribution in [-0.4, -0.2) is 11.9 Å². The second-order valence-electron chi connectivity index (χ2n) is 5.84. The van der Waals surface area contributed by atoms with E-state index >= 15 is 0 Å². The molecule has 0 aliphatic heterocycles. The number of amides is 3. The van der Waals surface area contributed by atoms with Crippen molar-refractivity contribution in [3.8, 4) is 0 Å². The van der Waals surface area contributed by atoms with E-state index in [2.05, 4.69) is 31.9 Å². The quantitative estimate of drug-likeness (QED) is 0.538. The van der Waals surface area contributed by atoms with E-state index in [1.165, 1.54) is 0 Å². The minimum atomic E-state index is -0.376. The molecule has 136 valence electrons. The summed E-state index contributed by atoms with van der Waals surface area (Å²) >= 11 is 3.35. The van der Waals surface area contributed by atoms with E-state index in [0.717, 1.165) is 10.0 Å². The summed E-state index contributed by atoms with van der Waals surface area (Å²) in [7, 11) is 0. The Morgan fingerprint density at radius 3 is 2.22 bits per heavy atom. The first-order valence-electron chi connectivity index (χ1n) is 8.36. The Balaban J connectivity index is 1.58. The van der Waals surface area contributed by atoms with E-state index in [1.807, 2.05) is 42.5 Å². The number of carbonyl (C=O) groups is 2. The molecule has 0 spiro atoms. The maximum Gasteiger partial charge on any atom is 0.323 e. The summed E-state index contributed by atoms with van der Waals surface area (Å²) in [6, 6.07) is 23.4. The van der Waals surface area contributed by atoms with Crippen LogP contribution >= 0.6 is 15.9 Å². The molecule has 5 nitrogen and oxygen atoms in total. The lowest BCUT2D eigenvalue weighted by atomic mass is 10.1. The van der Waals surface area contributed by atoms with Crippen molar-refractivity contribution in [1.82, 2.24) is 5.32 Å². The third-order valence-corrected chi connectivity index (χ3v) is 4.31. The molecule has 0 bridgehead atoms. The molecule has 3 N–H and O–H groups in total. The molecule has 0 saturated heterocycles. The Morgan fingerprint density at radius 2 is 1.48 bits per heavy atom. The van der Waals surface area contributed by atoms with Crippen LogP contribution in [0.3, 0.4) is 0 Å². The lowest BCUT2D eigenvalue weighted by Crippen LogP contribution is -2.23. The molecular formula is C21H18BrN3O2. The molecule has 3 aromatic carbocycles. The van der Waals surface area contributed by atoms with Crippen LogP contribution in [0.1, 0.15) is 15.9 Å². The van der Waals surface area contributed by atoms with Gasteiger partial charge in [-0.25, -0.2) is 4.79 Å². The lowest BCUT2D eigenvalue weighted by molar-refractivity contribution is 0.0951. The summed E-state index contributed by atoms with van der Waals surface area (Å²) in [6.07, 6.45) is 0. The second kappa shape index (κ2) is 9.00. The SMILES string of the molecule is O=C(Nc1ccc(Br)cc1)Nc1cccc(C(=O)NCc2ccccc2)c1. The number of benzene rings is 3.